The van der Waals surface area contributed by atoms with Crippen molar-refractivity contribution in [2.24, 2.45) is 5.16 Å². The zero-order valence-corrected chi connectivity index (χ0v) is 15.1. The molecule has 0 amide bonds. The van der Waals surface area contributed by atoms with Crippen LogP contribution in [0.3, 0.4) is 0 Å². The standard InChI is InChI=1S/C20H16F3N3O3/c21-20(22,23)16-4-1-14(2-5-16)11-29-25-17(10-26-8-7-24-12-26)15-3-6-18-19(9-15)28-13-27-18/h1-9,12H,10-11,13H2/b25-17+. The van der Waals surface area contributed by atoms with Gasteiger partial charge >= 0.3 is 6.18 Å². The maximum atomic E-state index is 12.7. The van der Waals surface area contributed by atoms with Crippen LogP contribution in [0, 0.1) is 0 Å². The summed E-state index contributed by atoms with van der Waals surface area (Å²) in [5.41, 5.74) is 1.25. The van der Waals surface area contributed by atoms with Crippen molar-refractivity contribution in [3.8, 4) is 11.5 Å². The van der Waals surface area contributed by atoms with E-state index in [2.05, 4.69) is 10.1 Å². The number of aromatic nitrogens is 2. The molecule has 1 aliphatic rings. The fourth-order valence-electron chi connectivity index (χ4n) is 2.78. The monoisotopic (exact) mass is 403 g/mol. The van der Waals surface area contributed by atoms with Gasteiger partial charge in [0.1, 0.15) is 12.3 Å². The highest BCUT2D eigenvalue weighted by Gasteiger charge is 2.29. The second-order valence-electron chi connectivity index (χ2n) is 6.31. The molecule has 150 valence electrons. The van der Waals surface area contributed by atoms with E-state index < -0.39 is 11.7 Å². The first-order chi connectivity index (χ1) is 14.0. The van der Waals surface area contributed by atoms with Crippen molar-refractivity contribution in [2.45, 2.75) is 19.3 Å². The number of ether oxygens (including phenoxy) is 2. The molecule has 2 aromatic carbocycles. The van der Waals surface area contributed by atoms with E-state index in [-0.39, 0.29) is 13.4 Å². The number of halogens is 3. The summed E-state index contributed by atoms with van der Waals surface area (Å²) in [6.07, 6.45) is 0.728. The number of alkyl halides is 3. The Labute approximate surface area is 164 Å². The van der Waals surface area contributed by atoms with Crippen LogP contribution < -0.4 is 9.47 Å². The number of fused-ring (bicyclic) bond motifs is 1. The summed E-state index contributed by atoms with van der Waals surface area (Å²) in [6.45, 7) is 0.597. The normalized spacial score (nSPS) is 13.6. The average Bonchev–Trinajstić information content (AvgIpc) is 3.38. The van der Waals surface area contributed by atoms with E-state index in [1.807, 2.05) is 10.6 Å². The summed E-state index contributed by atoms with van der Waals surface area (Å²) in [6, 6.07) is 10.2. The molecule has 0 unspecified atom stereocenters. The van der Waals surface area contributed by atoms with E-state index in [4.69, 9.17) is 14.3 Å². The van der Waals surface area contributed by atoms with Gasteiger partial charge in [0.25, 0.3) is 0 Å². The first kappa shape index (κ1) is 18.9. The third kappa shape index (κ3) is 4.50. The molecule has 0 atom stereocenters. The Bertz CT molecular complexity index is 1000. The molecule has 3 aromatic rings. The van der Waals surface area contributed by atoms with Gasteiger partial charge in [-0.25, -0.2) is 4.98 Å². The van der Waals surface area contributed by atoms with E-state index in [1.54, 1.807) is 30.9 Å². The predicted molar refractivity (Wildman–Crippen MR) is 97.6 cm³/mol. The highest BCUT2D eigenvalue weighted by molar-refractivity contribution is 6.00. The van der Waals surface area contributed by atoms with Crippen molar-refractivity contribution in [1.82, 2.24) is 9.55 Å². The largest absolute Gasteiger partial charge is 0.454 e. The Morgan fingerprint density at radius 1 is 1.10 bits per heavy atom. The number of hydrogen-bond acceptors (Lipinski definition) is 5. The molecule has 0 aliphatic carbocycles. The third-order valence-electron chi connectivity index (χ3n) is 4.28. The van der Waals surface area contributed by atoms with Crippen molar-refractivity contribution in [2.75, 3.05) is 6.79 Å². The highest BCUT2D eigenvalue weighted by Crippen LogP contribution is 2.33. The third-order valence-corrected chi connectivity index (χ3v) is 4.28. The molecule has 0 spiro atoms. The molecular formula is C20H16F3N3O3. The number of hydrogen-bond donors (Lipinski definition) is 0. The molecule has 0 radical (unpaired) electrons. The van der Waals surface area contributed by atoms with Crippen molar-refractivity contribution in [1.29, 1.82) is 0 Å². The second-order valence-corrected chi connectivity index (χ2v) is 6.31. The topological polar surface area (TPSA) is 57.9 Å². The van der Waals surface area contributed by atoms with Crippen LogP contribution in [0.4, 0.5) is 13.2 Å². The number of imidazole rings is 1. The molecule has 0 saturated carbocycles. The lowest BCUT2D eigenvalue weighted by Crippen LogP contribution is -2.11. The van der Waals surface area contributed by atoms with Crippen molar-refractivity contribution in [3.05, 3.63) is 77.9 Å². The summed E-state index contributed by atoms with van der Waals surface area (Å²) in [5.74, 6) is 1.27. The van der Waals surface area contributed by atoms with E-state index in [9.17, 15) is 13.2 Å². The Hall–Kier alpha value is -3.49. The summed E-state index contributed by atoms with van der Waals surface area (Å²) in [4.78, 5) is 9.44. The van der Waals surface area contributed by atoms with Gasteiger partial charge in [0.15, 0.2) is 11.5 Å². The zero-order chi connectivity index (χ0) is 20.3. The molecule has 9 heteroatoms. The number of nitrogens with zero attached hydrogens (tertiary/aromatic N) is 3. The zero-order valence-electron chi connectivity index (χ0n) is 15.1. The van der Waals surface area contributed by atoms with Crippen LogP contribution in [0.2, 0.25) is 0 Å². The quantitative estimate of drug-likeness (QED) is 0.456. The van der Waals surface area contributed by atoms with Crippen LogP contribution in [0.25, 0.3) is 0 Å². The summed E-state index contributed by atoms with van der Waals surface area (Å²) in [5, 5.41) is 4.21. The smallest absolute Gasteiger partial charge is 0.416 e. The van der Waals surface area contributed by atoms with Gasteiger partial charge in [0.05, 0.1) is 18.4 Å². The van der Waals surface area contributed by atoms with Crippen LogP contribution in [-0.4, -0.2) is 22.1 Å². The minimum absolute atomic E-state index is 0.0378. The minimum Gasteiger partial charge on any atom is -0.454 e. The van der Waals surface area contributed by atoms with Crippen LogP contribution >= 0.6 is 0 Å². The summed E-state index contributed by atoms with van der Waals surface area (Å²) < 4.78 is 50.5. The van der Waals surface area contributed by atoms with Crippen molar-refractivity contribution >= 4 is 5.71 Å². The summed E-state index contributed by atoms with van der Waals surface area (Å²) in [7, 11) is 0. The molecule has 0 fully saturated rings. The SMILES string of the molecule is FC(F)(F)c1ccc(CO/N=C(\Cn2ccnc2)c2ccc3c(c2)OCO3)cc1. The first-order valence-corrected chi connectivity index (χ1v) is 8.70. The maximum absolute atomic E-state index is 12.7. The lowest BCUT2D eigenvalue weighted by atomic mass is 10.1. The fraction of sp³-hybridized carbons (Fsp3) is 0.200. The number of oxime groups is 1. The molecule has 0 N–H and O–H groups in total. The molecule has 1 aliphatic heterocycles. The Morgan fingerprint density at radius 3 is 2.62 bits per heavy atom. The molecular weight excluding hydrogens is 387 g/mol. The van der Waals surface area contributed by atoms with E-state index in [0.717, 1.165) is 17.7 Å². The number of rotatable bonds is 6. The predicted octanol–water partition coefficient (Wildman–Crippen LogP) is 4.25. The molecule has 29 heavy (non-hydrogen) atoms. The van der Waals surface area contributed by atoms with Crippen molar-refractivity contribution in [3.63, 3.8) is 0 Å². The second kappa shape index (κ2) is 7.86. The van der Waals surface area contributed by atoms with Gasteiger partial charge in [-0.2, -0.15) is 13.2 Å². The fourth-order valence-corrected chi connectivity index (χ4v) is 2.78. The van der Waals surface area contributed by atoms with Gasteiger partial charge in [0, 0.05) is 18.0 Å². The average molecular weight is 403 g/mol. The van der Waals surface area contributed by atoms with E-state index >= 15 is 0 Å². The Kier molecular flexibility index (Phi) is 5.11. The van der Waals surface area contributed by atoms with Crippen LogP contribution in [-0.2, 0) is 24.2 Å². The maximum Gasteiger partial charge on any atom is 0.416 e. The Morgan fingerprint density at radius 2 is 1.90 bits per heavy atom. The van der Waals surface area contributed by atoms with Crippen LogP contribution in [0.15, 0.2) is 66.3 Å². The molecule has 4 rings (SSSR count). The summed E-state index contributed by atoms with van der Waals surface area (Å²) >= 11 is 0. The highest BCUT2D eigenvalue weighted by atomic mass is 19.4. The van der Waals surface area contributed by atoms with E-state index in [1.165, 1.54) is 12.1 Å². The van der Waals surface area contributed by atoms with E-state index in [0.29, 0.717) is 29.3 Å². The molecule has 0 saturated heterocycles. The van der Waals surface area contributed by atoms with Gasteiger partial charge in [-0.1, -0.05) is 17.3 Å². The lowest BCUT2D eigenvalue weighted by molar-refractivity contribution is -0.137. The molecule has 2 heterocycles. The van der Waals surface area contributed by atoms with Gasteiger partial charge in [-0.3, -0.25) is 0 Å². The van der Waals surface area contributed by atoms with Crippen molar-refractivity contribution < 1.29 is 27.5 Å². The van der Waals surface area contributed by atoms with Crippen LogP contribution in [0.5, 0.6) is 11.5 Å². The number of benzene rings is 2. The van der Waals surface area contributed by atoms with Crippen LogP contribution in [0.1, 0.15) is 16.7 Å². The first-order valence-electron chi connectivity index (χ1n) is 8.70. The van der Waals surface area contributed by atoms with Gasteiger partial charge in [0.2, 0.25) is 6.79 Å². The minimum atomic E-state index is -4.37. The molecule has 6 nitrogen and oxygen atoms in total. The molecule has 1 aromatic heterocycles. The Balaban J connectivity index is 1.51. The van der Waals surface area contributed by atoms with Gasteiger partial charge in [-0.05, 0) is 35.9 Å². The van der Waals surface area contributed by atoms with Gasteiger partial charge < -0.3 is 18.9 Å². The van der Waals surface area contributed by atoms with Gasteiger partial charge in [-0.15, -0.1) is 0 Å². The molecule has 0 bridgehead atoms. The lowest BCUT2D eigenvalue weighted by Gasteiger charge is -2.10.